The molecular weight excluding hydrogens is 260 g/mol. The quantitative estimate of drug-likeness (QED) is 0.792. The predicted octanol–water partition coefficient (Wildman–Crippen LogP) is 2.73. The number of aromatic nitrogens is 2. The molecule has 0 amide bonds. The highest BCUT2D eigenvalue weighted by molar-refractivity contribution is 7.14. The van der Waals surface area contributed by atoms with Crippen LogP contribution in [-0.4, -0.2) is 22.4 Å². The van der Waals surface area contributed by atoms with E-state index in [1.54, 1.807) is 0 Å². The molecule has 0 atom stereocenters. The van der Waals surface area contributed by atoms with Gasteiger partial charge in [0.2, 0.25) is 0 Å². The average molecular weight is 276 g/mol. The normalized spacial score (nSPS) is 13.0. The molecule has 0 radical (unpaired) electrons. The lowest BCUT2D eigenvalue weighted by Gasteiger charge is -2.12. The van der Waals surface area contributed by atoms with Crippen LogP contribution in [0.4, 0.5) is 0 Å². The van der Waals surface area contributed by atoms with Gasteiger partial charge in [0.05, 0.1) is 12.3 Å². The van der Waals surface area contributed by atoms with Crippen molar-refractivity contribution in [3.8, 4) is 11.3 Å². The van der Waals surface area contributed by atoms with Crippen molar-refractivity contribution in [2.45, 2.75) is 26.7 Å². The predicted molar refractivity (Wildman–Crippen MR) is 74.6 cm³/mol. The van der Waals surface area contributed by atoms with Crippen LogP contribution in [0, 0.1) is 6.92 Å². The second-order valence-electron chi connectivity index (χ2n) is 4.74. The first-order valence-electron chi connectivity index (χ1n) is 6.44. The Morgan fingerprint density at radius 3 is 3.05 bits per heavy atom. The van der Waals surface area contributed by atoms with Gasteiger partial charge in [-0.05, 0) is 37.8 Å². The Labute approximate surface area is 116 Å². The summed E-state index contributed by atoms with van der Waals surface area (Å²) in [6.45, 7) is 4.30. The van der Waals surface area contributed by atoms with Crippen molar-refractivity contribution in [2.75, 3.05) is 6.61 Å². The van der Waals surface area contributed by atoms with Gasteiger partial charge in [0.1, 0.15) is 4.88 Å². The van der Waals surface area contributed by atoms with Crippen molar-refractivity contribution in [2.24, 2.45) is 7.05 Å². The molecule has 0 spiro atoms. The number of esters is 1. The maximum Gasteiger partial charge on any atom is 0.348 e. The molecule has 0 aromatic carbocycles. The number of rotatable bonds is 2. The van der Waals surface area contributed by atoms with Crippen LogP contribution in [0.3, 0.4) is 0 Å². The topological polar surface area (TPSA) is 44.1 Å². The first kappa shape index (κ1) is 12.4. The molecule has 0 aliphatic heterocycles. The first-order chi connectivity index (χ1) is 9.11. The zero-order valence-electron chi connectivity index (χ0n) is 11.3. The van der Waals surface area contributed by atoms with E-state index in [1.807, 2.05) is 18.7 Å². The molecule has 2 aromatic rings. The first-order valence-corrected chi connectivity index (χ1v) is 7.25. The second kappa shape index (κ2) is 4.49. The lowest BCUT2D eigenvalue weighted by Crippen LogP contribution is -2.08. The van der Waals surface area contributed by atoms with Gasteiger partial charge < -0.3 is 4.74 Å². The Morgan fingerprint density at radius 1 is 1.53 bits per heavy atom. The molecule has 2 aromatic heterocycles. The minimum Gasteiger partial charge on any atom is -0.462 e. The number of fused-ring (bicyclic) bond motifs is 3. The Hall–Kier alpha value is -1.62. The van der Waals surface area contributed by atoms with Crippen LogP contribution in [0.15, 0.2) is 6.20 Å². The van der Waals surface area contributed by atoms with Crippen molar-refractivity contribution in [1.29, 1.82) is 0 Å². The standard InChI is InChI=1S/C14H16N2O2S/c1-4-18-14(17)13-10-6-5-9-7-16(3)15-12(9)11(10)8(2)19-13/h7H,4-6H2,1-3H3. The molecule has 2 heterocycles. The van der Waals surface area contributed by atoms with Gasteiger partial charge in [-0.2, -0.15) is 5.10 Å². The Balaban J connectivity index is 2.14. The van der Waals surface area contributed by atoms with Crippen molar-refractivity contribution < 1.29 is 9.53 Å². The number of aryl methyl sites for hydroxylation is 3. The molecule has 0 unspecified atom stereocenters. The maximum atomic E-state index is 12.0. The number of carbonyl (C=O) groups is 1. The van der Waals surface area contributed by atoms with Gasteiger partial charge in [0.25, 0.3) is 0 Å². The van der Waals surface area contributed by atoms with Crippen LogP contribution in [-0.2, 0) is 24.6 Å². The Morgan fingerprint density at radius 2 is 2.32 bits per heavy atom. The van der Waals surface area contributed by atoms with Crippen LogP contribution in [0.2, 0.25) is 0 Å². The summed E-state index contributed by atoms with van der Waals surface area (Å²) in [6.07, 6.45) is 3.91. The van der Waals surface area contributed by atoms with E-state index in [1.165, 1.54) is 16.9 Å². The minimum absolute atomic E-state index is 0.198. The average Bonchev–Trinajstić information content (AvgIpc) is 2.89. The number of thiophene rings is 1. The number of carbonyl (C=O) groups excluding carboxylic acids is 1. The molecule has 3 rings (SSSR count). The molecule has 100 valence electrons. The highest BCUT2D eigenvalue weighted by Gasteiger charge is 2.28. The molecule has 1 aliphatic carbocycles. The Bertz CT molecular complexity index is 655. The number of nitrogens with zero attached hydrogens (tertiary/aromatic N) is 2. The fourth-order valence-electron chi connectivity index (χ4n) is 2.69. The van der Waals surface area contributed by atoms with E-state index < -0.39 is 0 Å². The summed E-state index contributed by atoms with van der Waals surface area (Å²) in [6, 6.07) is 0. The summed E-state index contributed by atoms with van der Waals surface area (Å²) >= 11 is 1.53. The third kappa shape index (κ3) is 1.89. The molecular formula is C14H16N2O2S. The molecule has 0 saturated carbocycles. The van der Waals surface area contributed by atoms with E-state index >= 15 is 0 Å². The van der Waals surface area contributed by atoms with Crippen molar-refractivity contribution in [3.63, 3.8) is 0 Å². The highest BCUT2D eigenvalue weighted by atomic mass is 32.1. The van der Waals surface area contributed by atoms with Gasteiger partial charge in [-0.15, -0.1) is 11.3 Å². The second-order valence-corrected chi connectivity index (χ2v) is 5.96. The summed E-state index contributed by atoms with van der Waals surface area (Å²) in [5.74, 6) is -0.198. The van der Waals surface area contributed by atoms with Gasteiger partial charge >= 0.3 is 5.97 Å². The monoisotopic (exact) mass is 276 g/mol. The fourth-order valence-corrected chi connectivity index (χ4v) is 3.79. The summed E-state index contributed by atoms with van der Waals surface area (Å²) in [5.41, 5.74) is 4.57. The lowest BCUT2D eigenvalue weighted by atomic mass is 9.91. The van der Waals surface area contributed by atoms with Crippen LogP contribution in [0.5, 0.6) is 0 Å². The van der Waals surface area contributed by atoms with Gasteiger partial charge in [0.15, 0.2) is 0 Å². The van der Waals surface area contributed by atoms with Gasteiger partial charge in [0, 0.05) is 23.7 Å². The maximum absolute atomic E-state index is 12.0. The summed E-state index contributed by atoms with van der Waals surface area (Å²) < 4.78 is 6.99. The van der Waals surface area contributed by atoms with Crippen LogP contribution < -0.4 is 0 Å². The van der Waals surface area contributed by atoms with Crippen molar-refractivity contribution >= 4 is 17.3 Å². The smallest absolute Gasteiger partial charge is 0.348 e. The van der Waals surface area contributed by atoms with Crippen LogP contribution in [0.25, 0.3) is 11.3 Å². The van der Waals surface area contributed by atoms with E-state index in [-0.39, 0.29) is 5.97 Å². The summed E-state index contributed by atoms with van der Waals surface area (Å²) in [4.78, 5) is 13.9. The number of ether oxygens (including phenoxy) is 1. The van der Waals surface area contributed by atoms with E-state index in [0.29, 0.717) is 6.61 Å². The molecule has 0 N–H and O–H groups in total. The SMILES string of the molecule is CCOC(=O)c1sc(C)c2c1CCc1cn(C)nc1-2. The Kier molecular flexibility index (Phi) is 2.93. The molecule has 0 bridgehead atoms. The van der Waals surface area contributed by atoms with Gasteiger partial charge in [-0.1, -0.05) is 0 Å². The zero-order chi connectivity index (χ0) is 13.6. The van der Waals surface area contributed by atoms with E-state index in [9.17, 15) is 4.79 Å². The van der Waals surface area contributed by atoms with Gasteiger partial charge in [-0.25, -0.2) is 4.79 Å². The van der Waals surface area contributed by atoms with E-state index in [2.05, 4.69) is 18.2 Å². The number of hydrogen-bond acceptors (Lipinski definition) is 4. The molecule has 4 nitrogen and oxygen atoms in total. The summed E-state index contributed by atoms with van der Waals surface area (Å²) in [5, 5.41) is 4.54. The summed E-state index contributed by atoms with van der Waals surface area (Å²) in [7, 11) is 1.94. The number of hydrogen-bond donors (Lipinski definition) is 0. The molecule has 5 heteroatoms. The molecule has 1 aliphatic rings. The van der Waals surface area contributed by atoms with Crippen LogP contribution >= 0.6 is 11.3 Å². The lowest BCUT2D eigenvalue weighted by molar-refractivity contribution is 0.0531. The molecule has 0 saturated heterocycles. The fraction of sp³-hybridized carbons (Fsp3) is 0.429. The molecule has 0 fully saturated rings. The van der Waals surface area contributed by atoms with Crippen LogP contribution in [0.1, 0.15) is 32.6 Å². The largest absolute Gasteiger partial charge is 0.462 e. The third-order valence-electron chi connectivity index (χ3n) is 3.43. The van der Waals surface area contributed by atoms with E-state index in [0.717, 1.165) is 39.4 Å². The zero-order valence-corrected chi connectivity index (χ0v) is 12.1. The van der Waals surface area contributed by atoms with Gasteiger partial charge in [-0.3, -0.25) is 4.68 Å². The minimum atomic E-state index is -0.198. The van der Waals surface area contributed by atoms with Crippen molar-refractivity contribution in [3.05, 3.63) is 27.1 Å². The van der Waals surface area contributed by atoms with Crippen molar-refractivity contribution in [1.82, 2.24) is 9.78 Å². The highest BCUT2D eigenvalue weighted by Crippen LogP contribution is 2.41. The third-order valence-corrected chi connectivity index (χ3v) is 4.56. The van der Waals surface area contributed by atoms with E-state index in [4.69, 9.17) is 4.74 Å². The molecule has 19 heavy (non-hydrogen) atoms.